The first kappa shape index (κ1) is 21.0. The number of esters is 1. The van der Waals surface area contributed by atoms with Crippen molar-refractivity contribution in [2.75, 3.05) is 0 Å². The maximum Gasteiger partial charge on any atom is 0.343 e. The molecule has 0 amide bonds. The molecule has 1 N–H and O–H groups in total. The molecule has 6 heteroatoms. The first-order valence-electron chi connectivity index (χ1n) is 9.84. The van der Waals surface area contributed by atoms with Crippen LogP contribution in [0, 0.1) is 11.8 Å². The molecule has 0 aromatic heterocycles. The molecule has 0 fully saturated rings. The van der Waals surface area contributed by atoms with Crippen LogP contribution in [0.25, 0.3) is 0 Å². The predicted molar refractivity (Wildman–Crippen MR) is 106 cm³/mol. The topological polar surface area (TPSA) is 89.9 Å². The van der Waals surface area contributed by atoms with E-state index in [2.05, 4.69) is 13.8 Å². The van der Waals surface area contributed by atoms with Crippen LogP contribution < -0.4 is 0 Å². The zero-order valence-electron chi connectivity index (χ0n) is 17.3. The molecule has 154 valence electrons. The molecule has 2 aliphatic heterocycles. The van der Waals surface area contributed by atoms with Gasteiger partial charge in [-0.2, -0.15) is 0 Å². The van der Waals surface area contributed by atoms with Crippen molar-refractivity contribution in [3.63, 3.8) is 0 Å². The van der Waals surface area contributed by atoms with Crippen molar-refractivity contribution in [3.05, 3.63) is 58.6 Å². The molecule has 0 spiro atoms. The van der Waals surface area contributed by atoms with Crippen molar-refractivity contribution < 1.29 is 29.0 Å². The number of rotatable bonds is 6. The highest BCUT2D eigenvalue weighted by Gasteiger charge is 2.55. The number of Topliss-reactive ketones (excluding diaryl/α,β-unsaturated/α-hetero) is 1. The molecule has 3 aliphatic rings. The third kappa shape index (κ3) is 3.53. The molecule has 0 saturated carbocycles. The second-order valence-electron chi connectivity index (χ2n) is 7.97. The molecular weight excluding hydrogens is 372 g/mol. The van der Waals surface area contributed by atoms with Gasteiger partial charge < -0.3 is 14.6 Å². The first-order chi connectivity index (χ1) is 13.6. The minimum absolute atomic E-state index is 0.193. The summed E-state index contributed by atoms with van der Waals surface area (Å²) in [6.07, 6.45) is 8.47. The van der Waals surface area contributed by atoms with Crippen molar-refractivity contribution in [2.45, 2.75) is 52.7 Å². The molecule has 3 rings (SSSR count). The number of ether oxygens (including phenoxy) is 2. The Morgan fingerprint density at radius 2 is 1.93 bits per heavy atom. The van der Waals surface area contributed by atoms with Crippen molar-refractivity contribution >= 4 is 17.5 Å². The molecule has 0 saturated heterocycles. The van der Waals surface area contributed by atoms with Gasteiger partial charge in [-0.05, 0) is 43.6 Å². The highest BCUT2D eigenvalue weighted by atomic mass is 16.6. The van der Waals surface area contributed by atoms with Crippen molar-refractivity contribution in [3.8, 4) is 0 Å². The van der Waals surface area contributed by atoms with Crippen LogP contribution in [-0.2, 0) is 23.9 Å². The summed E-state index contributed by atoms with van der Waals surface area (Å²) < 4.78 is 11.1. The van der Waals surface area contributed by atoms with Crippen molar-refractivity contribution in [1.29, 1.82) is 0 Å². The Morgan fingerprint density at radius 1 is 1.24 bits per heavy atom. The minimum Gasteiger partial charge on any atom is -0.464 e. The van der Waals surface area contributed by atoms with Crippen LogP contribution in [0.3, 0.4) is 0 Å². The van der Waals surface area contributed by atoms with Crippen molar-refractivity contribution in [2.24, 2.45) is 11.8 Å². The molecule has 4 atom stereocenters. The Bertz CT molecular complexity index is 927. The quantitative estimate of drug-likeness (QED) is 0.546. The minimum atomic E-state index is -1.57. The smallest absolute Gasteiger partial charge is 0.343 e. The number of carbonyl (C=O) groups excluding carboxylic acids is 3. The van der Waals surface area contributed by atoms with Gasteiger partial charge in [0.1, 0.15) is 11.3 Å². The molecule has 4 unspecified atom stereocenters. The number of allylic oxidation sites excluding steroid dienone is 4. The van der Waals surface area contributed by atoms with E-state index < -0.39 is 35.2 Å². The lowest BCUT2D eigenvalue weighted by molar-refractivity contribution is -0.153. The third-order valence-corrected chi connectivity index (χ3v) is 5.79. The van der Waals surface area contributed by atoms with E-state index >= 15 is 0 Å². The van der Waals surface area contributed by atoms with Gasteiger partial charge in [0.05, 0.1) is 12.4 Å². The number of aliphatic hydroxyl groups is 1. The lowest BCUT2D eigenvalue weighted by atomic mass is 9.75. The molecule has 0 aromatic rings. The first-order valence-corrected chi connectivity index (χ1v) is 9.84. The Balaban J connectivity index is 2.08. The fraction of sp³-hybridized carbons (Fsp3) is 0.435. The number of ketones is 2. The van der Waals surface area contributed by atoms with E-state index in [1.165, 1.54) is 33.1 Å². The summed E-state index contributed by atoms with van der Waals surface area (Å²) in [7, 11) is 0. The second-order valence-corrected chi connectivity index (χ2v) is 7.97. The molecule has 6 nitrogen and oxygen atoms in total. The SMILES string of the molecule is CCC(C)C=CC1=CC2=CC(=O)C3(C)OC(=O)C(C(=O)C(C)C(C)O)=C3C2=CO1. The van der Waals surface area contributed by atoms with Gasteiger partial charge in [0.2, 0.25) is 5.78 Å². The van der Waals surface area contributed by atoms with E-state index in [0.29, 0.717) is 22.8 Å². The average molecular weight is 398 g/mol. The van der Waals surface area contributed by atoms with Crippen LogP contribution in [0.15, 0.2) is 58.6 Å². The molecule has 2 heterocycles. The monoisotopic (exact) mass is 398 g/mol. The highest BCUT2D eigenvalue weighted by molar-refractivity contribution is 6.25. The van der Waals surface area contributed by atoms with Crippen molar-refractivity contribution in [1.82, 2.24) is 0 Å². The lowest BCUT2D eigenvalue weighted by Crippen LogP contribution is -2.40. The van der Waals surface area contributed by atoms with Crippen LogP contribution in [0.1, 0.15) is 41.0 Å². The van der Waals surface area contributed by atoms with Gasteiger partial charge in [-0.1, -0.05) is 33.3 Å². The zero-order valence-corrected chi connectivity index (χ0v) is 17.3. The summed E-state index contributed by atoms with van der Waals surface area (Å²) in [5, 5.41) is 9.81. The normalized spacial score (nSPS) is 26.6. The summed E-state index contributed by atoms with van der Waals surface area (Å²) in [6, 6.07) is 0. The molecule has 0 aromatic carbocycles. The Hall–Kier alpha value is -2.73. The van der Waals surface area contributed by atoms with E-state index in [1.54, 1.807) is 6.08 Å². The lowest BCUT2D eigenvalue weighted by Gasteiger charge is -2.31. The number of hydrogen-bond donors (Lipinski definition) is 1. The number of carbonyl (C=O) groups is 3. The Morgan fingerprint density at radius 3 is 2.55 bits per heavy atom. The van der Waals surface area contributed by atoms with Gasteiger partial charge in [-0.15, -0.1) is 0 Å². The van der Waals surface area contributed by atoms with Crippen LogP contribution in [-0.4, -0.2) is 34.3 Å². The number of hydrogen-bond acceptors (Lipinski definition) is 6. The zero-order chi connectivity index (χ0) is 21.5. The number of aliphatic hydroxyl groups excluding tert-OH is 1. The fourth-order valence-corrected chi connectivity index (χ4v) is 3.41. The molecular formula is C23H26O6. The fourth-order valence-electron chi connectivity index (χ4n) is 3.41. The molecule has 29 heavy (non-hydrogen) atoms. The summed E-state index contributed by atoms with van der Waals surface area (Å²) in [5.41, 5.74) is -0.520. The van der Waals surface area contributed by atoms with Crippen LogP contribution in [0.5, 0.6) is 0 Å². The van der Waals surface area contributed by atoms with Crippen LogP contribution >= 0.6 is 0 Å². The summed E-state index contributed by atoms with van der Waals surface area (Å²) in [6.45, 7) is 8.67. The summed E-state index contributed by atoms with van der Waals surface area (Å²) in [4.78, 5) is 38.3. The molecule has 0 radical (unpaired) electrons. The molecule has 1 aliphatic carbocycles. The second kappa shape index (κ2) is 7.59. The standard InChI is InChI=1S/C23H26O6/c1-6-12(2)7-8-16-9-15-10-18(25)23(5)20(17(15)11-28-16)19(22(27)29-23)21(26)13(3)14(4)24/h7-14,24H,6H2,1-5H3. The maximum atomic E-state index is 12.9. The highest BCUT2D eigenvalue weighted by Crippen LogP contribution is 2.46. The van der Waals surface area contributed by atoms with Crippen LogP contribution in [0.4, 0.5) is 0 Å². The van der Waals surface area contributed by atoms with Gasteiger partial charge >= 0.3 is 5.97 Å². The third-order valence-electron chi connectivity index (χ3n) is 5.79. The van der Waals surface area contributed by atoms with Crippen LogP contribution in [0.2, 0.25) is 0 Å². The molecule has 0 bridgehead atoms. The van der Waals surface area contributed by atoms with Gasteiger partial charge in [0.15, 0.2) is 11.4 Å². The number of fused-ring (bicyclic) bond motifs is 3. The van der Waals surface area contributed by atoms with E-state index in [1.807, 2.05) is 12.2 Å². The summed E-state index contributed by atoms with van der Waals surface area (Å²) >= 11 is 0. The largest absolute Gasteiger partial charge is 0.464 e. The Kier molecular flexibility index (Phi) is 5.50. The maximum absolute atomic E-state index is 12.9. The van der Waals surface area contributed by atoms with E-state index in [9.17, 15) is 19.5 Å². The predicted octanol–water partition coefficient (Wildman–Crippen LogP) is 3.09. The average Bonchev–Trinajstić information content (AvgIpc) is 2.96. The van der Waals surface area contributed by atoms with E-state index in [4.69, 9.17) is 9.47 Å². The van der Waals surface area contributed by atoms with Gasteiger partial charge in [0, 0.05) is 17.1 Å². The Labute approximate surface area is 170 Å². The summed E-state index contributed by atoms with van der Waals surface area (Å²) in [5.74, 6) is -1.69. The van der Waals surface area contributed by atoms with Gasteiger partial charge in [0.25, 0.3) is 0 Å². The van der Waals surface area contributed by atoms with E-state index in [-0.39, 0.29) is 11.1 Å². The van der Waals surface area contributed by atoms with Gasteiger partial charge in [-0.3, -0.25) is 9.59 Å². The van der Waals surface area contributed by atoms with Gasteiger partial charge in [-0.25, -0.2) is 4.79 Å². The van der Waals surface area contributed by atoms with E-state index in [0.717, 1.165) is 6.42 Å².